The predicted octanol–water partition coefficient (Wildman–Crippen LogP) is 3.23. The van der Waals surface area contributed by atoms with Gasteiger partial charge < -0.3 is 14.2 Å². The van der Waals surface area contributed by atoms with Crippen molar-refractivity contribution < 1.29 is 14.2 Å². The Morgan fingerprint density at radius 3 is 2.78 bits per heavy atom. The Hall–Kier alpha value is -2.00. The first kappa shape index (κ1) is 11.1. The van der Waals surface area contributed by atoms with Crippen molar-refractivity contribution in [3.05, 3.63) is 42.0 Å². The predicted molar refractivity (Wildman–Crippen MR) is 71.0 cm³/mol. The van der Waals surface area contributed by atoms with Crippen LogP contribution in [0, 0.1) is 0 Å². The fourth-order valence-electron chi connectivity index (χ4n) is 2.15. The van der Waals surface area contributed by atoms with Gasteiger partial charge in [0.15, 0.2) is 0 Å². The highest BCUT2D eigenvalue weighted by Crippen LogP contribution is 2.35. The van der Waals surface area contributed by atoms with E-state index in [1.165, 1.54) is 0 Å². The molecule has 1 aliphatic rings. The Balaban J connectivity index is 2.17. The lowest BCUT2D eigenvalue weighted by Gasteiger charge is -2.21. The molecule has 2 aromatic carbocycles. The fraction of sp³-hybridized carbons (Fsp3) is 0.200. The van der Waals surface area contributed by atoms with Gasteiger partial charge in [0.1, 0.15) is 11.5 Å². The third-order valence-corrected chi connectivity index (χ3v) is 3.11. The molecule has 3 nitrogen and oxygen atoms in total. The maximum atomic E-state index is 5.82. The van der Waals surface area contributed by atoms with Gasteiger partial charge in [-0.2, -0.15) is 0 Å². The van der Waals surface area contributed by atoms with Gasteiger partial charge in [-0.15, -0.1) is 0 Å². The summed E-state index contributed by atoms with van der Waals surface area (Å²) in [6.45, 7) is 0. The van der Waals surface area contributed by atoms with Crippen LogP contribution in [0.15, 0.2) is 36.4 Å². The molecule has 0 amide bonds. The first-order chi connectivity index (χ1) is 8.81. The maximum absolute atomic E-state index is 5.82. The van der Waals surface area contributed by atoms with Gasteiger partial charge in [-0.1, -0.05) is 12.1 Å². The average molecular weight is 242 g/mol. The van der Waals surface area contributed by atoms with E-state index in [2.05, 4.69) is 6.07 Å². The molecule has 0 radical (unpaired) electrons. The van der Waals surface area contributed by atoms with Crippen LogP contribution in [0.25, 0.3) is 16.8 Å². The van der Waals surface area contributed by atoms with Crippen LogP contribution in [0.4, 0.5) is 0 Å². The second kappa shape index (κ2) is 4.35. The van der Waals surface area contributed by atoms with Crippen LogP contribution >= 0.6 is 0 Å². The number of fused-ring (bicyclic) bond motifs is 3. The van der Waals surface area contributed by atoms with Gasteiger partial charge in [0.25, 0.3) is 0 Å². The normalized spacial score (nSPS) is 17.3. The lowest BCUT2D eigenvalue weighted by atomic mass is 10.0. The molecule has 1 aliphatic heterocycles. The Morgan fingerprint density at radius 2 is 2.00 bits per heavy atom. The van der Waals surface area contributed by atoms with Crippen LogP contribution in [-0.4, -0.2) is 20.5 Å². The summed E-state index contributed by atoms with van der Waals surface area (Å²) >= 11 is 0. The molecule has 2 aromatic rings. The Labute approximate surface area is 106 Å². The van der Waals surface area contributed by atoms with Crippen molar-refractivity contribution in [2.75, 3.05) is 14.2 Å². The van der Waals surface area contributed by atoms with Gasteiger partial charge in [-0.05, 0) is 35.7 Å². The molecule has 18 heavy (non-hydrogen) atoms. The van der Waals surface area contributed by atoms with E-state index in [1.54, 1.807) is 14.2 Å². The summed E-state index contributed by atoms with van der Waals surface area (Å²) < 4.78 is 16.3. The molecule has 0 bridgehead atoms. The first-order valence-corrected chi connectivity index (χ1v) is 5.80. The van der Waals surface area contributed by atoms with Crippen LogP contribution in [0.3, 0.4) is 0 Å². The molecule has 92 valence electrons. The molecule has 0 aromatic heterocycles. The standard InChI is InChI=1S/C15H14O3/c1-16-12-6-7-13-11(9-12)4-3-10-5-8-14(17-2)18-15(10)13/h3-9,14H,1-2H3. The number of methoxy groups -OCH3 is 2. The monoisotopic (exact) mass is 242 g/mol. The minimum absolute atomic E-state index is 0.315. The van der Waals surface area contributed by atoms with Crippen LogP contribution in [0.1, 0.15) is 5.56 Å². The molecule has 0 N–H and O–H groups in total. The number of ether oxygens (including phenoxy) is 3. The van der Waals surface area contributed by atoms with Crippen molar-refractivity contribution in [2.45, 2.75) is 6.29 Å². The Bertz CT molecular complexity index is 616. The summed E-state index contributed by atoms with van der Waals surface area (Å²) in [7, 11) is 3.30. The van der Waals surface area contributed by atoms with E-state index in [9.17, 15) is 0 Å². The molecule has 1 atom stereocenters. The molecule has 1 heterocycles. The van der Waals surface area contributed by atoms with E-state index >= 15 is 0 Å². The van der Waals surface area contributed by atoms with Crippen LogP contribution < -0.4 is 9.47 Å². The molecule has 3 rings (SSSR count). The Kier molecular flexibility index (Phi) is 2.68. The fourth-order valence-corrected chi connectivity index (χ4v) is 2.15. The highest BCUT2D eigenvalue weighted by atomic mass is 16.7. The number of rotatable bonds is 2. The average Bonchev–Trinajstić information content (AvgIpc) is 2.45. The summed E-state index contributed by atoms with van der Waals surface area (Å²) in [5.74, 6) is 1.71. The number of benzene rings is 2. The topological polar surface area (TPSA) is 27.7 Å². The van der Waals surface area contributed by atoms with Crippen molar-refractivity contribution in [1.82, 2.24) is 0 Å². The Morgan fingerprint density at radius 1 is 1.11 bits per heavy atom. The first-order valence-electron chi connectivity index (χ1n) is 5.80. The van der Waals surface area contributed by atoms with Crippen LogP contribution in [-0.2, 0) is 4.74 Å². The van der Waals surface area contributed by atoms with Crippen molar-refractivity contribution >= 4 is 16.8 Å². The second-order valence-electron chi connectivity index (χ2n) is 4.15. The summed E-state index contributed by atoms with van der Waals surface area (Å²) in [4.78, 5) is 0. The summed E-state index contributed by atoms with van der Waals surface area (Å²) in [5.41, 5.74) is 1.07. The molecule has 0 aliphatic carbocycles. The van der Waals surface area contributed by atoms with Crippen molar-refractivity contribution in [1.29, 1.82) is 0 Å². The highest BCUT2D eigenvalue weighted by molar-refractivity contribution is 5.93. The SMILES string of the molecule is COc1ccc2c3c(ccc2c1)C=CC(OC)O3. The molecule has 0 saturated heterocycles. The molecule has 0 saturated carbocycles. The number of hydrogen-bond donors (Lipinski definition) is 0. The smallest absolute Gasteiger partial charge is 0.219 e. The minimum atomic E-state index is -0.315. The summed E-state index contributed by atoms with van der Waals surface area (Å²) in [6, 6.07) is 10.1. The molecule has 0 fully saturated rings. The quantitative estimate of drug-likeness (QED) is 0.809. The minimum Gasteiger partial charge on any atom is -0.497 e. The van der Waals surface area contributed by atoms with E-state index in [4.69, 9.17) is 14.2 Å². The van der Waals surface area contributed by atoms with Gasteiger partial charge in [0.05, 0.1) is 7.11 Å². The van der Waals surface area contributed by atoms with Gasteiger partial charge >= 0.3 is 0 Å². The van der Waals surface area contributed by atoms with Gasteiger partial charge in [0, 0.05) is 18.1 Å². The van der Waals surface area contributed by atoms with E-state index in [-0.39, 0.29) is 6.29 Å². The lowest BCUT2D eigenvalue weighted by molar-refractivity contribution is -0.0160. The zero-order chi connectivity index (χ0) is 12.5. The van der Waals surface area contributed by atoms with Gasteiger partial charge in [-0.3, -0.25) is 0 Å². The highest BCUT2D eigenvalue weighted by Gasteiger charge is 2.16. The third-order valence-electron chi connectivity index (χ3n) is 3.11. The molecule has 0 spiro atoms. The summed E-state index contributed by atoms with van der Waals surface area (Å²) in [5, 5.41) is 2.16. The molecule has 3 heteroatoms. The zero-order valence-corrected chi connectivity index (χ0v) is 10.3. The molecular weight excluding hydrogens is 228 g/mol. The summed E-state index contributed by atoms with van der Waals surface area (Å²) in [6.07, 6.45) is 3.61. The lowest BCUT2D eigenvalue weighted by Crippen LogP contribution is -2.18. The second-order valence-corrected chi connectivity index (χ2v) is 4.15. The number of hydrogen-bond acceptors (Lipinski definition) is 3. The van der Waals surface area contributed by atoms with Crippen molar-refractivity contribution in [2.24, 2.45) is 0 Å². The van der Waals surface area contributed by atoms with E-state index in [1.807, 2.05) is 36.4 Å². The van der Waals surface area contributed by atoms with E-state index in [0.717, 1.165) is 27.8 Å². The van der Waals surface area contributed by atoms with E-state index in [0.29, 0.717) is 0 Å². The van der Waals surface area contributed by atoms with Gasteiger partial charge in [0.2, 0.25) is 6.29 Å². The van der Waals surface area contributed by atoms with E-state index < -0.39 is 0 Å². The van der Waals surface area contributed by atoms with Crippen molar-refractivity contribution in [3.63, 3.8) is 0 Å². The van der Waals surface area contributed by atoms with Gasteiger partial charge in [-0.25, -0.2) is 0 Å². The van der Waals surface area contributed by atoms with Crippen LogP contribution in [0.2, 0.25) is 0 Å². The maximum Gasteiger partial charge on any atom is 0.219 e. The molecule has 1 unspecified atom stereocenters. The zero-order valence-electron chi connectivity index (χ0n) is 10.3. The van der Waals surface area contributed by atoms with Crippen molar-refractivity contribution in [3.8, 4) is 11.5 Å². The molecular formula is C15H14O3. The largest absolute Gasteiger partial charge is 0.497 e. The third kappa shape index (κ3) is 1.73. The van der Waals surface area contributed by atoms with Crippen LogP contribution in [0.5, 0.6) is 11.5 Å².